The Bertz CT molecular complexity index is 252. The summed E-state index contributed by atoms with van der Waals surface area (Å²) in [7, 11) is 0. The fraction of sp³-hybridized carbons (Fsp3) is 1.00. The predicted molar refractivity (Wildman–Crippen MR) is 53.9 cm³/mol. The summed E-state index contributed by atoms with van der Waals surface area (Å²) < 4.78 is 12.4. The second-order valence-electron chi connectivity index (χ2n) is 6.11. The average molecular weight is 196 g/mol. The first-order chi connectivity index (χ1) is 6.42. The van der Waals surface area contributed by atoms with Crippen molar-refractivity contribution in [2.75, 3.05) is 0 Å². The summed E-state index contributed by atoms with van der Waals surface area (Å²) in [5.74, 6) is -0.268. The van der Waals surface area contributed by atoms with Crippen LogP contribution in [0.15, 0.2) is 0 Å². The van der Waals surface area contributed by atoms with E-state index in [1.807, 2.05) is 0 Å². The minimum atomic E-state index is -0.268. The Hall–Kier alpha value is -0.0800. The van der Waals surface area contributed by atoms with E-state index < -0.39 is 0 Å². The van der Waals surface area contributed by atoms with Gasteiger partial charge in [-0.2, -0.15) is 0 Å². The summed E-state index contributed by atoms with van der Waals surface area (Å²) in [5.41, 5.74) is 0.342. The van der Waals surface area contributed by atoms with E-state index in [2.05, 4.69) is 27.7 Å². The van der Waals surface area contributed by atoms with E-state index in [0.717, 1.165) is 0 Å². The van der Waals surface area contributed by atoms with E-state index in [0.29, 0.717) is 12.2 Å². The highest BCUT2D eigenvalue weighted by atomic mass is 16.8. The molecule has 3 aliphatic rings. The van der Waals surface area contributed by atoms with E-state index in [1.165, 1.54) is 19.3 Å². The number of hydrogen-bond donors (Lipinski definition) is 0. The van der Waals surface area contributed by atoms with E-state index in [4.69, 9.17) is 9.47 Å². The van der Waals surface area contributed by atoms with Gasteiger partial charge in [0.05, 0.1) is 12.2 Å². The highest BCUT2D eigenvalue weighted by Gasteiger charge is 2.83. The molecule has 0 aromatic heterocycles. The zero-order chi connectivity index (χ0) is 10.2. The maximum absolute atomic E-state index is 6.19. The van der Waals surface area contributed by atoms with Crippen molar-refractivity contribution in [3.63, 3.8) is 0 Å². The van der Waals surface area contributed by atoms with Gasteiger partial charge in [-0.1, -0.05) is 27.7 Å². The van der Waals surface area contributed by atoms with E-state index >= 15 is 0 Å². The van der Waals surface area contributed by atoms with Gasteiger partial charge in [0.2, 0.25) is 0 Å². The van der Waals surface area contributed by atoms with E-state index in [9.17, 15) is 0 Å². The van der Waals surface area contributed by atoms with Crippen molar-refractivity contribution in [1.29, 1.82) is 0 Å². The van der Waals surface area contributed by atoms with Gasteiger partial charge in [0.15, 0.2) is 5.79 Å². The van der Waals surface area contributed by atoms with Crippen molar-refractivity contribution in [1.82, 2.24) is 0 Å². The lowest BCUT2D eigenvalue weighted by Crippen LogP contribution is -2.21. The molecule has 2 heteroatoms. The van der Waals surface area contributed by atoms with Crippen LogP contribution < -0.4 is 0 Å². The van der Waals surface area contributed by atoms with Crippen LogP contribution >= 0.6 is 0 Å². The van der Waals surface area contributed by atoms with Gasteiger partial charge < -0.3 is 9.47 Å². The molecule has 1 saturated heterocycles. The molecular formula is C12H20O2. The lowest BCUT2D eigenvalue weighted by molar-refractivity contribution is -0.139. The third kappa shape index (κ3) is 0.704. The summed E-state index contributed by atoms with van der Waals surface area (Å²) >= 11 is 0. The zero-order valence-corrected chi connectivity index (χ0v) is 9.59. The van der Waals surface area contributed by atoms with Crippen LogP contribution in [0.4, 0.5) is 0 Å². The van der Waals surface area contributed by atoms with Crippen LogP contribution in [-0.4, -0.2) is 18.0 Å². The largest absolute Gasteiger partial charge is 0.343 e. The Morgan fingerprint density at radius 2 is 1.29 bits per heavy atom. The fourth-order valence-corrected chi connectivity index (χ4v) is 3.41. The van der Waals surface area contributed by atoms with Crippen molar-refractivity contribution in [2.24, 2.45) is 10.8 Å². The van der Waals surface area contributed by atoms with Gasteiger partial charge >= 0.3 is 0 Å². The van der Waals surface area contributed by atoms with Gasteiger partial charge in [0, 0.05) is 10.8 Å². The van der Waals surface area contributed by atoms with Crippen molar-refractivity contribution in [3.8, 4) is 0 Å². The molecule has 1 spiro atoms. The smallest absolute Gasteiger partial charge is 0.180 e. The SMILES string of the molecule is CC1(C)C(C)(C)C12O[C@H]1CCC[C@H]1O2. The summed E-state index contributed by atoms with van der Waals surface area (Å²) in [6.45, 7) is 9.03. The molecule has 0 aromatic rings. The van der Waals surface area contributed by atoms with Gasteiger partial charge in [0.1, 0.15) is 0 Å². The molecule has 3 fully saturated rings. The first-order valence-corrected chi connectivity index (χ1v) is 5.78. The highest BCUT2D eigenvalue weighted by molar-refractivity contribution is 5.24. The van der Waals surface area contributed by atoms with Crippen LogP contribution in [-0.2, 0) is 9.47 Å². The minimum absolute atomic E-state index is 0.171. The van der Waals surface area contributed by atoms with Crippen LogP contribution in [0, 0.1) is 10.8 Å². The van der Waals surface area contributed by atoms with Crippen LogP contribution in [0.5, 0.6) is 0 Å². The maximum atomic E-state index is 6.19. The van der Waals surface area contributed by atoms with Crippen molar-refractivity contribution < 1.29 is 9.47 Å². The second-order valence-corrected chi connectivity index (χ2v) is 6.11. The molecule has 2 nitrogen and oxygen atoms in total. The Labute approximate surface area is 86.0 Å². The minimum Gasteiger partial charge on any atom is -0.343 e. The molecule has 1 aliphatic heterocycles. The molecule has 80 valence electrons. The summed E-state index contributed by atoms with van der Waals surface area (Å²) in [6.07, 6.45) is 4.43. The monoisotopic (exact) mass is 196 g/mol. The van der Waals surface area contributed by atoms with Crippen LogP contribution in [0.1, 0.15) is 47.0 Å². The summed E-state index contributed by atoms with van der Waals surface area (Å²) in [6, 6.07) is 0. The Morgan fingerprint density at radius 3 is 1.64 bits per heavy atom. The molecule has 0 amide bonds. The summed E-state index contributed by atoms with van der Waals surface area (Å²) in [4.78, 5) is 0. The number of rotatable bonds is 0. The van der Waals surface area contributed by atoms with Crippen molar-refractivity contribution >= 4 is 0 Å². The van der Waals surface area contributed by atoms with Gasteiger partial charge in [-0.05, 0) is 19.3 Å². The third-order valence-corrected chi connectivity index (χ3v) is 5.17. The second kappa shape index (κ2) is 2.19. The standard InChI is InChI=1S/C12H20O2/c1-10(2)11(3,4)12(10)13-8-6-5-7-9(8)14-12/h8-9H,5-7H2,1-4H3/t8-,9+. The molecule has 14 heavy (non-hydrogen) atoms. The first-order valence-electron chi connectivity index (χ1n) is 5.78. The molecule has 0 aromatic carbocycles. The topological polar surface area (TPSA) is 18.5 Å². The number of ether oxygens (including phenoxy) is 2. The quantitative estimate of drug-likeness (QED) is 0.593. The molecular weight excluding hydrogens is 176 g/mol. The average Bonchev–Trinajstić information content (AvgIpc) is 2.52. The molecule has 1 heterocycles. The molecule has 2 saturated carbocycles. The fourth-order valence-electron chi connectivity index (χ4n) is 3.41. The predicted octanol–water partition coefficient (Wildman–Crippen LogP) is 2.72. The zero-order valence-electron chi connectivity index (χ0n) is 9.59. The molecule has 0 bridgehead atoms. The highest BCUT2D eigenvalue weighted by Crippen LogP contribution is 2.76. The Kier molecular flexibility index (Phi) is 1.44. The lowest BCUT2D eigenvalue weighted by atomic mass is 10.0. The van der Waals surface area contributed by atoms with Crippen LogP contribution in [0.25, 0.3) is 0 Å². The molecule has 2 atom stereocenters. The van der Waals surface area contributed by atoms with E-state index in [-0.39, 0.29) is 16.6 Å². The van der Waals surface area contributed by atoms with Gasteiger partial charge in [-0.15, -0.1) is 0 Å². The normalized spacial score (nSPS) is 45.4. The Morgan fingerprint density at radius 1 is 0.857 bits per heavy atom. The third-order valence-electron chi connectivity index (χ3n) is 5.17. The van der Waals surface area contributed by atoms with Gasteiger partial charge in [-0.25, -0.2) is 0 Å². The molecule has 0 radical (unpaired) electrons. The number of hydrogen-bond acceptors (Lipinski definition) is 2. The van der Waals surface area contributed by atoms with Gasteiger partial charge in [-0.3, -0.25) is 0 Å². The van der Waals surface area contributed by atoms with Crippen molar-refractivity contribution in [3.05, 3.63) is 0 Å². The van der Waals surface area contributed by atoms with E-state index in [1.54, 1.807) is 0 Å². The molecule has 3 rings (SSSR count). The molecule has 0 unspecified atom stereocenters. The summed E-state index contributed by atoms with van der Waals surface area (Å²) in [5, 5.41) is 0. The Balaban J connectivity index is 1.90. The van der Waals surface area contributed by atoms with Gasteiger partial charge in [0.25, 0.3) is 0 Å². The molecule has 0 N–H and O–H groups in total. The van der Waals surface area contributed by atoms with Crippen LogP contribution in [0.2, 0.25) is 0 Å². The first kappa shape index (κ1) is 9.17. The number of fused-ring (bicyclic) bond motifs is 1. The lowest BCUT2D eigenvalue weighted by Gasteiger charge is -2.15. The molecule has 2 aliphatic carbocycles. The maximum Gasteiger partial charge on any atom is 0.180 e. The van der Waals surface area contributed by atoms with Crippen molar-refractivity contribution in [2.45, 2.75) is 65.0 Å². The van der Waals surface area contributed by atoms with Crippen LogP contribution in [0.3, 0.4) is 0 Å².